The summed E-state index contributed by atoms with van der Waals surface area (Å²) >= 11 is 0. The molecule has 1 N–H and O–H groups in total. The van der Waals surface area contributed by atoms with Crippen molar-refractivity contribution < 1.29 is 9.53 Å². The Bertz CT molecular complexity index is 704. The summed E-state index contributed by atoms with van der Waals surface area (Å²) in [5, 5.41) is 3.46. The molecule has 1 unspecified atom stereocenters. The molecular weight excluding hydrogens is 505 g/mol. The van der Waals surface area contributed by atoms with E-state index in [1.54, 1.807) is 7.05 Å². The van der Waals surface area contributed by atoms with E-state index in [1.807, 2.05) is 6.92 Å². The van der Waals surface area contributed by atoms with Crippen LogP contribution in [0.3, 0.4) is 0 Å². The second-order valence-corrected chi connectivity index (χ2v) is 8.33. The monoisotopic (exact) mass is 543 g/mol. The number of rotatable bonds is 6. The van der Waals surface area contributed by atoms with Crippen LogP contribution in [0.1, 0.15) is 30.9 Å². The van der Waals surface area contributed by atoms with Crippen molar-refractivity contribution >= 4 is 35.9 Å². The van der Waals surface area contributed by atoms with Crippen LogP contribution in [-0.4, -0.2) is 86.6 Å². The van der Waals surface area contributed by atoms with E-state index in [4.69, 9.17) is 4.74 Å². The average Bonchev–Trinajstić information content (AvgIpc) is 2.77. The molecule has 0 aromatic heterocycles. The fraction of sp³-hybridized carbons (Fsp3) is 0.652. The van der Waals surface area contributed by atoms with Gasteiger partial charge in [0.1, 0.15) is 0 Å². The van der Waals surface area contributed by atoms with Crippen LogP contribution in [0.5, 0.6) is 0 Å². The quantitative estimate of drug-likeness (QED) is 0.258. The molecule has 0 bridgehead atoms. The first-order chi connectivity index (χ1) is 14.6. The SMILES string of the molecule is CCOC(=O)C1CCCN(C(=NC)NCc2ccc(CN3CCN(C)CC3)cc2)C1.I. The van der Waals surface area contributed by atoms with Gasteiger partial charge < -0.3 is 19.9 Å². The van der Waals surface area contributed by atoms with Crippen LogP contribution < -0.4 is 5.32 Å². The van der Waals surface area contributed by atoms with E-state index >= 15 is 0 Å². The molecule has 8 heteroatoms. The number of likely N-dealkylation sites (N-methyl/N-ethyl adjacent to an activating group) is 1. The van der Waals surface area contributed by atoms with Gasteiger partial charge in [0.05, 0.1) is 12.5 Å². The van der Waals surface area contributed by atoms with Gasteiger partial charge in [0.2, 0.25) is 0 Å². The zero-order valence-electron chi connectivity index (χ0n) is 19.2. The smallest absolute Gasteiger partial charge is 0.310 e. The van der Waals surface area contributed by atoms with Gasteiger partial charge >= 0.3 is 5.97 Å². The molecule has 174 valence electrons. The number of halogens is 1. The molecule has 1 aromatic rings. The van der Waals surface area contributed by atoms with E-state index in [1.165, 1.54) is 11.1 Å². The lowest BCUT2D eigenvalue weighted by molar-refractivity contribution is -0.149. The molecule has 0 saturated carbocycles. The highest BCUT2D eigenvalue weighted by atomic mass is 127. The van der Waals surface area contributed by atoms with Crippen molar-refractivity contribution in [3.8, 4) is 0 Å². The lowest BCUT2D eigenvalue weighted by atomic mass is 9.98. The van der Waals surface area contributed by atoms with Crippen LogP contribution in [0.2, 0.25) is 0 Å². The Hall–Kier alpha value is -1.39. The molecule has 7 nitrogen and oxygen atoms in total. The normalized spacial score (nSPS) is 20.8. The Labute approximate surface area is 204 Å². The highest BCUT2D eigenvalue weighted by Crippen LogP contribution is 2.18. The molecule has 31 heavy (non-hydrogen) atoms. The van der Waals surface area contributed by atoms with Gasteiger partial charge in [-0.3, -0.25) is 14.7 Å². The molecular formula is C23H38IN5O2. The standard InChI is InChI=1S/C23H37N5O2.HI/c1-4-30-22(29)21-6-5-11-28(18-21)23(24-2)25-16-19-7-9-20(10-8-19)17-27-14-12-26(3)13-15-27;/h7-10,21H,4-6,11-18H2,1-3H3,(H,24,25);1H. The Morgan fingerprint density at radius 2 is 1.81 bits per heavy atom. The maximum Gasteiger partial charge on any atom is 0.310 e. The molecule has 2 aliphatic rings. The molecule has 3 rings (SSSR count). The number of nitrogens with one attached hydrogen (secondary N) is 1. The van der Waals surface area contributed by atoms with E-state index < -0.39 is 0 Å². The molecule has 0 aliphatic carbocycles. The molecule has 2 saturated heterocycles. The van der Waals surface area contributed by atoms with Crippen LogP contribution >= 0.6 is 24.0 Å². The molecule has 2 heterocycles. The summed E-state index contributed by atoms with van der Waals surface area (Å²) in [5.74, 6) is 0.699. The third kappa shape index (κ3) is 7.91. The summed E-state index contributed by atoms with van der Waals surface area (Å²) < 4.78 is 5.21. The number of benzene rings is 1. The highest BCUT2D eigenvalue weighted by molar-refractivity contribution is 14.0. The van der Waals surface area contributed by atoms with Gasteiger partial charge in [-0.2, -0.15) is 0 Å². The first-order valence-corrected chi connectivity index (χ1v) is 11.2. The summed E-state index contributed by atoms with van der Waals surface area (Å²) in [7, 11) is 3.99. The molecule has 0 amide bonds. The Balaban J connectivity index is 0.00000341. The number of guanidine groups is 1. The van der Waals surface area contributed by atoms with Gasteiger partial charge in [0, 0.05) is 59.4 Å². The minimum Gasteiger partial charge on any atom is -0.466 e. The van der Waals surface area contributed by atoms with E-state index in [2.05, 4.69) is 56.3 Å². The third-order valence-corrected chi connectivity index (χ3v) is 6.03. The summed E-state index contributed by atoms with van der Waals surface area (Å²) in [4.78, 5) is 23.6. The minimum absolute atomic E-state index is 0. The number of aliphatic imine (C=N–C) groups is 1. The molecule has 2 fully saturated rings. The summed E-state index contributed by atoms with van der Waals surface area (Å²) in [6.07, 6.45) is 1.87. The first-order valence-electron chi connectivity index (χ1n) is 11.2. The van der Waals surface area contributed by atoms with Gasteiger partial charge in [-0.1, -0.05) is 24.3 Å². The predicted octanol–water partition coefficient (Wildman–Crippen LogP) is 2.40. The average molecular weight is 543 g/mol. The number of piperidine rings is 1. The van der Waals surface area contributed by atoms with Crippen LogP contribution in [0.15, 0.2) is 29.3 Å². The predicted molar refractivity (Wildman–Crippen MR) is 136 cm³/mol. The molecule has 1 atom stereocenters. The second kappa shape index (κ2) is 13.2. The maximum atomic E-state index is 12.1. The number of piperazine rings is 1. The van der Waals surface area contributed by atoms with Crippen molar-refractivity contribution in [2.45, 2.75) is 32.9 Å². The Morgan fingerprint density at radius 1 is 1.13 bits per heavy atom. The third-order valence-electron chi connectivity index (χ3n) is 6.03. The Morgan fingerprint density at radius 3 is 2.45 bits per heavy atom. The minimum atomic E-state index is -0.0893. The van der Waals surface area contributed by atoms with Gasteiger partial charge in [-0.05, 0) is 37.9 Å². The fourth-order valence-corrected chi connectivity index (χ4v) is 4.16. The number of hydrogen-bond acceptors (Lipinski definition) is 5. The maximum absolute atomic E-state index is 12.1. The van der Waals surface area contributed by atoms with Gasteiger partial charge in [0.25, 0.3) is 0 Å². The Kier molecular flexibility index (Phi) is 11.0. The van der Waals surface area contributed by atoms with E-state index in [-0.39, 0.29) is 35.9 Å². The van der Waals surface area contributed by atoms with Gasteiger partial charge in [-0.15, -0.1) is 24.0 Å². The van der Waals surface area contributed by atoms with E-state index in [0.717, 1.165) is 64.6 Å². The second-order valence-electron chi connectivity index (χ2n) is 8.33. The molecule has 2 aliphatic heterocycles. The van der Waals surface area contributed by atoms with Gasteiger partial charge in [-0.25, -0.2) is 0 Å². The van der Waals surface area contributed by atoms with E-state index in [9.17, 15) is 4.79 Å². The first kappa shape index (κ1) is 25.9. The van der Waals surface area contributed by atoms with Crippen molar-refractivity contribution in [2.75, 3.05) is 60.0 Å². The number of esters is 1. The van der Waals surface area contributed by atoms with Gasteiger partial charge in [0.15, 0.2) is 5.96 Å². The number of ether oxygens (including phenoxy) is 1. The summed E-state index contributed by atoms with van der Waals surface area (Å²) in [6, 6.07) is 8.86. The van der Waals surface area contributed by atoms with Crippen molar-refractivity contribution in [1.82, 2.24) is 20.0 Å². The summed E-state index contributed by atoms with van der Waals surface area (Å²) in [5.41, 5.74) is 2.60. The van der Waals surface area contributed by atoms with Crippen LogP contribution in [0.4, 0.5) is 0 Å². The fourth-order valence-electron chi connectivity index (χ4n) is 4.16. The number of nitrogens with zero attached hydrogens (tertiary/aromatic N) is 4. The van der Waals surface area contributed by atoms with Crippen LogP contribution in [0.25, 0.3) is 0 Å². The topological polar surface area (TPSA) is 60.4 Å². The molecule has 0 spiro atoms. The zero-order valence-corrected chi connectivity index (χ0v) is 21.5. The van der Waals surface area contributed by atoms with Crippen LogP contribution in [0, 0.1) is 5.92 Å². The number of hydrogen-bond donors (Lipinski definition) is 1. The van der Waals surface area contributed by atoms with Crippen LogP contribution in [-0.2, 0) is 22.6 Å². The lowest BCUT2D eigenvalue weighted by Gasteiger charge is -2.34. The number of carbonyl (C=O) groups excluding carboxylic acids is 1. The van der Waals surface area contributed by atoms with Crippen molar-refractivity contribution in [2.24, 2.45) is 10.9 Å². The van der Waals surface area contributed by atoms with Crippen molar-refractivity contribution in [1.29, 1.82) is 0 Å². The highest BCUT2D eigenvalue weighted by Gasteiger charge is 2.28. The number of likely N-dealkylation sites (tertiary alicyclic amines) is 1. The zero-order chi connectivity index (χ0) is 21.3. The lowest BCUT2D eigenvalue weighted by Crippen LogP contribution is -2.48. The number of carbonyl (C=O) groups is 1. The van der Waals surface area contributed by atoms with Crippen molar-refractivity contribution in [3.05, 3.63) is 35.4 Å². The molecule has 1 aromatic carbocycles. The molecule has 0 radical (unpaired) electrons. The van der Waals surface area contributed by atoms with E-state index in [0.29, 0.717) is 13.2 Å². The summed E-state index contributed by atoms with van der Waals surface area (Å²) in [6.45, 7) is 10.2. The van der Waals surface area contributed by atoms with Crippen molar-refractivity contribution in [3.63, 3.8) is 0 Å². The largest absolute Gasteiger partial charge is 0.466 e.